The molecule has 3 atom stereocenters. The van der Waals surface area contributed by atoms with Gasteiger partial charge in [0.05, 0.1) is 18.0 Å². The second kappa shape index (κ2) is 16.0. The van der Waals surface area contributed by atoms with Gasteiger partial charge in [-0.1, -0.05) is 0 Å². The van der Waals surface area contributed by atoms with Gasteiger partial charge in [0.25, 0.3) is 5.91 Å². The van der Waals surface area contributed by atoms with E-state index in [2.05, 4.69) is 0 Å². The third kappa shape index (κ3) is 10.8. The van der Waals surface area contributed by atoms with Gasteiger partial charge in [-0.25, -0.2) is 5.06 Å². The van der Waals surface area contributed by atoms with Crippen molar-refractivity contribution in [2.45, 2.75) is 44.4 Å². The van der Waals surface area contributed by atoms with Crippen LogP contribution in [0.25, 0.3) is 0 Å². The summed E-state index contributed by atoms with van der Waals surface area (Å²) in [7, 11) is 0. The average Bonchev–Trinajstić information content (AvgIpc) is 2.43. The van der Waals surface area contributed by atoms with E-state index < -0.39 is 54.3 Å². The Hall–Kier alpha value is 2.22. The summed E-state index contributed by atoms with van der Waals surface area (Å²) in [5, 5.41) is 34.7. The first-order valence-electron chi connectivity index (χ1n) is 6.52. The van der Waals surface area contributed by atoms with Crippen molar-refractivity contribution >= 4 is 29.7 Å². The molecule has 2 amide bonds. The molecule has 128 valence electrons. The summed E-state index contributed by atoms with van der Waals surface area (Å²) >= 11 is 0. The maximum Gasteiger partial charge on any atom is 1.00 e. The van der Waals surface area contributed by atoms with Crippen LogP contribution < -0.4 is 175 Å². The first-order chi connectivity index (χ1) is 10.6. The number of carboxylic acids is 3. The molecule has 0 saturated carbocycles. The Morgan fingerprint density at radius 3 is 1.96 bits per heavy atom. The van der Waals surface area contributed by atoms with E-state index in [1.165, 1.54) is 0 Å². The fourth-order valence-electron chi connectivity index (χ4n) is 2.04. The van der Waals surface area contributed by atoms with Crippen LogP contribution in [0.2, 0.25) is 0 Å². The van der Waals surface area contributed by atoms with Crippen molar-refractivity contribution in [3.8, 4) is 0 Å². The van der Waals surface area contributed by atoms with E-state index in [0.29, 0.717) is 0 Å². The molecule has 0 aliphatic carbocycles. The van der Waals surface area contributed by atoms with E-state index in [-0.39, 0.29) is 172 Å². The number of nitrogens with zero attached hydrogens (tertiary/aromatic N) is 1. The zero-order valence-electron chi connectivity index (χ0n) is 15.0. The van der Waals surface area contributed by atoms with E-state index in [1.807, 2.05) is 5.32 Å². The van der Waals surface area contributed by atoms with Crippen molar-refractivity contribution in [3.63, 3.8) is 0 Å². The summed E-state index contributed by atoms with van der Waals surface area (Å²) in [4.78, 5) is 60.6. The quantitative estimate of drug-likeness (QED) is 0.388. The summed E-state index contributed by atoms with van der Waals surface area (Å²) < 4.78 is 0. The van der Waals surface area contributed by atoms with Gasteiger partial charge in [0.15, 0.2) is 0 Å². The van der Waals surface area contributed by atoms with Gasteiger partial charge < -0.3 is 35.0 Å². The number of nitrogens with one attached hydrogen (secondary N) is 1. The van der Waals surface area contributed by atoms with Gasteiger partial charge in [-0.05, 0) is 12.8 Å². The molecule has 1 heterocycles. The second-order valence-corrected chi connectivity index (χ2v) is 4.82. The normalized spacial score (nSPS) is 19.5. The van der Waals surface area contributed by atoms with Gasteiger partial charge in [-0.2, -0.15) is 0 Å². The molecule has 0 aromatic heterocycles. The van der Waals surface area contributed by atoms with E-state index in [1.54, 1.807) is 0 Å². The molecule has 1 aliphatic heterocycles. The van der Waals surface area contributed by atoms with Crippen LogP contribution in [0.4, 0.5) is 0 Å². The van der Waals surface area contributed by atoms with Crippen molar-refractivity contribution in [2.75, 3.05) is 0 Å². The summed E-state index contributed by atoms with van der Waals surface area (Å²) in [6.07, 6.45) is -3.08. The van der Waals surface area contributed by atoms with Gasteiger partial charge >= 0.3 is 154 Å². The molecule has 1 fully saturated rings. The number of aliphatic carboxylic acids is 3. The fraction of sp³-hybridized carbons (Fsp3) is 0.583. The number of carbonyl (C=O) groups is 5. The summed E-state index contributed by atoms with van der Waals surface area (Å²) in [6, 6.07) is -3.31. The molecular weight excluding hydrogens is 433 g/mol. The monoisotopic (exact) mass is 446 g/mol. The second-order valence-electron chi connectivity index (χ2n) is 4.82. The maximum absolute atomic E-state index is 12.2. The Labute approximate surface area is 276 Å². The number of rotatable bonds is 6. The summed E-state index contributed by atoms with van der Waals surface area (Å²) in [5.41, 5.74) is 0. The van der Waals surface area contributed by atoms with Crippen LogP contribution in [0.1, 0.15) is 26.2 Å². The van der Waals surface area contributed by atoms with Crippen LogP contribution in [-0.4, -0.2) is 53.0 Å². The molecule has 1 rings (SSSR count). The molecule has 0 bridgehead atoms. The minimum atomic E-state index is -1.72. The molecule has 0 unspecified atom stereocenters. The first-order valence-corrected chi connectivity index (χ1v) is 6.52. The van der Waals surface area contributed by atoms with Crippen molar-refractivity contribution in [1.29, 1.82) is 0 Å². The largest absolute Gasteiger partial charge is 1.00 e. The van der Waals surface area contributed by atoms with Crippen molar-refractivity contribution in [2.24, 2.45) is 0 Å². The molecule has 1 N–H and O–H groups in total. The van der Waals surface area contributed by atoms with Crippen molar-refractivity contribution in [1.82, 2.24) is 10.4 Å². The maximum atomic E-state index is 12.2. The third-order valence-electron chi connectivity index (χ3n) is 3.02. The third-order valence-corrected chi connectivity index (χ3v) is 3.02. The zero-order chi connectivity index (χ0) is 17.7. The SMILES string of the molecule is CC(=O)N[C@@H](CC(=O)[O-])C(=O)N1O[C@@H](C(=O)[O-])CC[C@H]1C(=O)[O-].[K+].[K+].[K+]. The first kappa shape index (κ1) is 32.9. The van der Waals surface area contributed by atoms with E-state index in [4.69, 9.17) is 4.84 Å². The number of amides is 2. The van der Waals surface area contributed by atoms with E-state index >= 15 is 0 Å². The van der Waals surface area contributed by atoms with Crippen LogP contribution in [0.15, 0.2) is 0 Å². The number of hydroxylamine groups is 2. The Morgan fingerprint density at radius 1 is 1.04 bits per heavy atom. The molecule has 14 heteroatoms. The number of carboxylic acid groups (broad SMARTS) is 3. The minimum Gasteiger partial charge on any atom is -0.550 e. The molecule has 0 radical (unpaired) electrons. The Morgan fingerprint density at radius 2 is 1.58 bits per heavy atom. The molecular formula is C12H13K3N2O9. The molecule has 26 heavy (non-hydrogen) atoms. The molecule has 1 aliphatic rings. The van der Waals surface area contributed by atoms with Crippen LogP contribution in [0.5, 0.6) is 0 Å². The molecule has 0 aromatic carbocycles. The van der Waals surface area contributed by atoms with Gasteiger partial charge in [-0.3, -0.25) is 14.4 Å². The van der Waals surface area contributed by atoms with Crippen molar-refractivity contribution < 1.29 is 198 Å². The van der Waals surface area contributed by atoms with Crippen LogP contribution in [-0.2, 0) is 28.8 Å². The molecule has 0 spiro atoms. The minimum absolute atomic E-state index is 0. The topological polar surface area (TPSA) is 179 Å². The van der Waals surface area contributed by atoms with E-state index in [0.717, 1.165) is 6.92 Å². The van der Waals surface area contributed by atoms with E-state index in [9.17, 15) is 39.3 Å². The smallest absolute Gasteiger partial charge is 0.550 e. The Bertz CT molecular complexity index is 530. The predicted octanol–water partition coefficient (Wildman–Crippen LogP) is -14.6. The van der Waals surface area contributed by atoms with Crippen LogP contribution >= 0.6 is 0 Å². The van der Waals surface area contributed by atoms with Gasteiger partial charge in [0, 0.05) is 19.3 Å². The number of hydrogen-bond acceptors (Lipinski definition) is 9. The average molecular weight is 447 g/mol. The Kier molecular flexibility index (Phi) is 20.2. The molecule has 11 nitrogen and oxygen atoms in total. The van der Waals surface area contributed by atoms with Gasteiger partial charge in [0.2, 0.25) is 5.91 Å². The predicted molar refractivity (Wildman–Crippen MR) is 62.0 cm³/mol. The van der Waals surface area contributed by atoms with Crippen molar-refractivity contribution in [3.05, 3.63) is 0 Å². The molecule has 0 aromatic rings. The number of carbonyl (C=O) groups excluding carboxylic acids is 5. The fourth-order valence-corrected chi connectivity index (χ4v) is 2.04. The molecule has 1 saturated heterocycles. The standard InChI is InChI=1S/C12H16N2O9.3K/c1-5(15)13-6(4-9(16)17)10(18)14-7(11(19)20)2-3-8(23-14)12(21)22;;;/h6-8H,2-4H2,1H3,(H,13,15)(H,16,17)(H,19,20)(H,21,22);;;/q;3*+1/p-3/t6-,7-,8+;;;/m0.../s1. The van der Waals surface area contributed by atoms with Gasteiger partial charge in [0.1, 0.15) is 12.1 Å². The van der Waals surface area contributed by atoms with Crippen LogP contribution in [0.3, 0.4) is 0 Å². The summed E-state index contributed by atoms with van der Waals surface area (Å²) in [6.45, 7) is 1.01. The van der Waals surface area contributed by atoms with Gasteiger partial charge in [-0.15, -0.1) is 0 Å². The zero-order valence-corrected chi connectivity index (χ0v) is 24.3. The summed E-state index contributed by atoms with van der Waals surface area (Å²) in [5.74, 6) is -7.08. The van der Waals surface area contributed by atoms with Crippen LogP contribution in [0, 0.1) is 0 Å². The Balaban J connectivity index is -0.00000176. The number of hydrogen-bond donors (Lipinski definition) is 1.